The van der Waals surface area contributed by atoms with Crippen molar-refractivity contribution in [2.24, 2.45) is 0 Å². The zero-order chi connectivity index (χ0) is 32.6. The fourth-order valence-corrected chi connectivity index (χ4v) is 6.20. The van der Waals surface area contributed by atoms with E-state index in [9.17, 15) is 28.1 Å². The van der Waals surface area contributed by atoms with Crippen LogP contribution in [0.3, 0.4) is 0 Å². The number of benzene rings is 2. The summed E-state index contributed by atoms with van der Waals surface area (Å²) in [7, 11) is -3.87. The second-order valence-corrected chi connectivity index (χ2v) is 12.5. The monoisotopic (exact) mass is 628 g/mol. The molecule has 3 atom stereocenters. The number of rotatable bonds is 14. The van der Waals surface area contributed by atoms with Gasteiger partial charge in [-0.05, 0) is 78.5 Å². The van der Waals surface area contributed by atoms with E-state index in [4.69, 9.17) is 13.7 Å². The van der Waals surface area contributed by atoms with Gasteiger partial charge in [0.15, 0.2) is 0 Å². The number of carbonyl (C=O) groups is 2. The molecular weight excluding hydrogens is 588 g/mol. The highest BCUT2D eigenvalue weighted by Gasteiger charge is 2.39. The van der Waals surface area contributed by atoms with E-state index in [2.05, 4.69) is 5.32 Å². The standard InChI is InChI=1S/C32H40N2O9S/c1-7-41-31(35)28-23(5)33-24(6)29(30(28)25-13-10-14-26(19-25)34(37)38)32(36)42-21(3)11-8-9-12-22(4)43-44(39,40)27-17-15-20(2)16-18-27/h10,13-19,21-22,30,33H,7-9,11-12H2,1-6H3. The molecule has 0 aliphatic carbocycles. The fourth-order valence-electron chi connectivity index (χ4n) is 5.09. The molecule has 0 saturated carbocycles. The van der Waals surface area contributed by atoms with Crippen molar-refractivity contribution in [1.29, 1.82) is 0 Å². The van der Waals surface area contributed by atoms with Crippen molar-refractivity contribution in [2.45, 2.75) is 90.2 Å². The molecular formula is C32H40N2O9S. The van der Waals surface area contributed by atoms with Crippen LogP contribution in [0.5, 0.6) is 0 Å². The lowest BCUT2D eigenvalue weighted by Gasteiger charge is -2.31. The van der Waals surface area contributed by atoms with Crippen LogP contribution in [0.15, 0.2) is 76.0 Å². The smallest absolute Gasteiger partial charge is 0.337 e. The van der Waals surface area contributed by atoms with Crippen molar-refractivity contribution < 1.29 is 36.6 Å². The summed E-state index contributed by atoms with van der Waals surface area (Å²) in [5.41, 5.74) is 2.43. The van der Waals surface area contributed by atoms with Gasteiger partial charge in [-0.1, -0.05) is 36.2 Å². The zero-order valence-electron chi connectivity index (χ0n) is 25.9. The average Bonchev–Trinajstić information content (AvgIpc) is 2.95. The predicted molar refractivity (Wildman–Crippen MR) is 164 cm³/mol. The summed E-state index contributed by atoms with van der Waals surface area (Å²) in [5.74, 6) is -2.24. The first kappa shape index (κ1) is 34.5. The molecule has 11 nitrogen and oxygen atoms in total. The number of hydrogen-bond acceptors (Lipinski definition) is 10. The van der Waals surface area contributed by atoms with Gasteiger partial charge in [0.1, 0.15) is 0 Å². The number of nitrogens with zero attached hydrogens (tertiary/aromatic N) is 1. The third-order valence-corrected chi connectivity index (χ3v) is 8.70. The van der Waals surface area contributed by atoms with Crippen molar-refractivity contribution >= 4 is 27.7 Å². The lowest BCUT2D eigenvalue weighted by molar-refractivity contribution is -0.384. The number of nitrogens with one attached hydrogen (secondary N) is 1. The maximum absolute atomic E-state index is 13.6. The summed E-state index contributed by atoms with van der Waals surface area (Å²) >= 11 is 0. The molecule has 0 bridgehead atoms. The first-order chi connectivity index (χ1) is 20.7. The Bertz CT molecular complexity index is 1550. The number of unbranched alkanes of at least 4 members (excludes halogenated alkanes) is 1. The van der Waals surface area contributed by atoms with Crippen LogP contribution in [0.25, 0.3) is 0 Å². The van der Waals surface area contributed by atoms with E-state index in [1.165, 1.54) is 30.3 Å². The van der Waals surface area contributed by atoms with Crippen molar-refractivity contribution in [1.82, 2.24) is 5.32 Å². The molecule has 0 amide bonds. The average molecular weight is 629 g/mol. The molecule has 0 aromatic heterocycles. The Morgan fingerprint density at radius 3 is 2.11 bits per heavy atom. The molecule has 0 radical (unpaired) electrons. The van der Waals surface area contributed by atoms with Crippen molar-refractivity contribution in [3.8, 4) is 0 Å². The Balaban J connectivity index is 1.67. The second kappa shape index (κ2) is 15.1. The van der Waals surface area contributed by atoms with Crippen molar-refractivity contribution in [2.75, 3.05) is 6.61 Å². The summed E-state index contributed by atoms with van der Waals surface area (Å²) in [6.45, 7) is 10.5. The van der Waals surface area contributed by atoms with Crippen LogP contribution in [-0.4, -0.2) is 44.1 Å². The van der Waals surface area contributed by atoms with Crippen LogP contribution in [0.1, 0.15) is 77.3 Å². The van der Waals surface area contributed by atoms with Gasteiger partial charge in [0.25, 0.3) is 15.8 Å². The fraction of sp³-hybridized carbons (Fsp3) is 0.438. The van der Waals surface area contributed by atoms with Gasteiger partial charge in [-0.25, -0.2) is 9.59 Å². The molecule has 1 aliphatic heterocycles. The van der Waals surface area contributed by atoms with Gasteiger partial charge < -0.3 is 14.8 Å². The molecule has 2 aromatic rings. The Kier molecular flexibility index (Phi) is 11.8. The number of non-ortho nitro benzene ring substituents is 1. The molecule has 12 heteroatoms. The third kappa shape index (κ3) is 8.76. The molecule has 3 unspecified atom stereocenters. The molecule has 1 N–H and O–H groups in total. The van der Waals surface area contributed by atoms with E-state index in [1.54, 1.807) is 52.8 Å². The molecule has 3 rings (SSSR count). The van der Waals surface area contributed by atoms with E-state index in [-0.39, 0.29) is 28.3 Å². The summed E-state index contributed by atoms with van der Waals surface area (Å²) in [4.78, 5) is 37.7. The Morgan fingerprint density at radius 1 is 0.932 bits per heavy atom. The number of allylic oxidation sites excluding steroid dienone is 2. The van der Waals surface area contributed by atoms with Gasteiger partial charge in [-0.15, -0.1) is 0 Å². The highest BCUT2D eigenvalue weighted by Crippen LogP contribution is 2.40. The van der Waals surface area contributed by atoms with Crippen LogP contribution < -0.4 is 5.32 Å². The van der Waals surface area contributed by atoms with Gasteiger partial charge in [-0.3, -0.25) is 14.3 Å². The molecule has 238 valence electrons. The lowest BCUT2D eigenvalue weighted by Crippen LogP contribution is -2.33. The molecule has 0 fully saturated rings. The van der Waals surface area contributed by atoms with E-state index in [1.807, 2.05) is 6.92 Å². The quantitative estimate of drug-likeness (QED) is 0.0869. The number of hydrogen-bond donors (Lipinski definition) is 1. The summed E-state index contributed by atoms with van der Waals surface area (Å²) in [5, 5.41) is 14.6. The highest BCUT2D eigenvalue weighted by molar-refractivity contribution is 7.86. The minimum absolute atomic E-state index is 0.108. The molecule has 2 aromatic carbocycles. The first-order valence-electron chi connectivity index (χ1n) is 14.6. The largest absolute Gasteiger partial charge is 0.463 e. The minimum atomic E-state index is -3.87. The van der Waals surface area contributed by atoms with Crippen molar-refractivity contribution in [3.05, 3.63) is 92.3 Å². The van der Waals surface area contributed by atoms with E-state index < -0.39 is 45.1 Å². The maximum atomic E-state index is 13.6. The third-order valence-electron chi connectivity index (χ3n) is 7.27. The highest BCUT2D eigenvalue weighted by atomic mass is 32.2. The Labute approximate surface area is 258 Å². The van der Waals surface area contributed by atoms with Crippen LogP contribution in [-0.2, 0) is 33.4 Å². The summed E-state index contributed by atoms with van der Waals surface area (Å²) in [6, 6.07) is 12.3. The van der Waals surface area contributed by atoms with Gasteiger partial charge in [0, 0.05) is 23.5 Å². The maximum Gasteiger partial charge on any atom is 0.337 e. The van der Waals surface area contributed by atoms with Crippen LogP contribution in [0.4, 0.5) is 5.69 Å². The first-order valence-corrected chi connectivity index (χ1v) is 16.0. The molecule has 1 aliphatic rings. The number of nitro benzene ring substituents is 1. The summed E-state index contributed by atoms with van der Waals surface area (Å²) < 4.78 is 41.5. The van der Waals surface area contributed by atoms with Gasteiger partial charge >= 0.3 is 11.9 Å². The Morgan fingerprint density at radius 2 is 1.52 bits per heavy atom. The van der Waals surface area contributed by atoms with Gasteiger partial charge in [0.05, 0.1) is 45.7 Å². The van der Waals surface area contributed by atoms with Gasteiger partial charge in [-0.2, -0.15) is 8.42 Å². The van der Waals surface area contributed by atoms with Crippen LogP contribution >= 0.6 is 0 Å². The SMILES string of the molecule is CCOC(=O)C1=C(C)NC(C)=C(C(=O)OC(C)CCCCC(C)OS(=O)(=O)c2ccc(C)cc2)C1c1cccc([N+](=O)[O-])c1. The molecule has 0 spiro atoms. The van der Waals surface area contributed by atoms with Gasteiger partial charge in [0.2, 0.25) is 0 Å². The van der Waals surface area contributed by atoms with Crippen LogP contribution in [0.2, 0.25) is 0 Å². The number of aryl methyl sites for hydroxylation is 1. The van der Waals surface area contributed by atoms with E-state index >= 15 is 0 Å². The molecule has 1 heterocycles. The van der Waals surface area contributed by atoms with E-state index in [0.717, 1.165) is 5.56 Å². The lowest BCUT2D eigenvalue weighted by atomic mass is 9.80. The molecule has 44 heavy (non-hydrogen) atoms. The predicted octanol–water partition coefficient (Wildman–Crippen LogP) is 5.99. The van der Waals surface area contributed by atoms with Crippen LogP contribution in [0, 0.1) is 17.0 Å². The number of nitro groups is 1. The van der Waals surface area contributed by atoms with Crippen molar-refractivity contribution in [3.63, 3.8) is 0 Å². The normalized spacial score (nSPS) is 16.6. The number of ether oxygens (including phenoxy) is 2. The second-order valence-electron chi connectivity index (χ2n) is 10.9. The zero-order valence-corrected chi connectivity index (χ0v) is 26.7. The summed E-state index contributed by atoms with van der Waals surface area (Å²) in [6.07, 6.45) is 1.24. The van der Waals surface area contributed by atoms with E-state index in [0.29, 0.717) is 42.6 Å². The Hall–Kier alpha value is -4.03. The number of esters is 2. The minimum Gasteiger partial charge on any atom is -0.463 e. The number of dihydropyridines is 1. The molecule has 0 saturated heterocycles. The number of carbonyl (C=O) groups excluding carboxylic acids is 2. The topological polar surface area (TPSA) is 151 Å².